The van der Waals surface area contributed by atoms with E-state index in [0.717, 1.165) is 25.3 Å². The minimum atomic E-state index is -1.10. The second-order valence-corrected chi connectivity index (χ2v) is 4.69. The van der Waals surface area contributed by atoms with E-state index in [1.54, 1.807) is 0 Å². The van der Waals surface area contributed by atoms with Crippen LogP contribution in [0.15, 0.2) is 37.0 Å². The number of carboxylic acid groups (broad SMARTS) is 3. The first-order chi connectivity index (χ1) is 11.3. The Labute approximate surface area is 148 Å². The average molecular weight is 362 g/mol. The number of aliphatic hydroxyl groups is 2. The van der Waals surface area contributed by atoms with Crippen LogP contribution in [-0.2, 0) is 14.4 Å². The molecular weight excluding hydrogens is 332 g/mol. The van der Waals surface area contributed by atoms with E-state index in [4.69, 9.17) is 25.5 Å². The normalized spacial score (nSPS) is 8.24. The summed E-state index contributed by atoms with van der Waals surface area (Å²) >= 11 is 0. The molecule has 0 aromatic heterocycles. The highest BCUT2D eigenvalue weighted by molar-refractivity contribution is 5.85. The van der Waals surface area contributed by atoms with Crippen LogP contribution in [0.3, 0.4) is 0 Å². The van der Waals surface area contributed by atoms with E-state index >= 15 is 0 Å². The van der Waals surface area contributed by atoms with Gasteiger partial charge in [0.15, 0.2) is 6.29 Å². The molecule has 0 unspecified atom stereocenters. The highest BCUT2D eigenvalue weighted by Gasteiger charge is 1.93. The van der Waals surface area contributed by atoms with E-state index < -0.39 is 24.2 Å². The molecule has 0 rings (SSSR count). The molecule has 0 aliphatic heterocycles. The van der Waals surface area contributed by atoms with Gasteiger partial charge >= 0.3 is 17.9 Å². The molecule has 0 aromatic carbocycles. The molecule has 0 fully saturated rings. The van der Waals surface area contributed by atoms with Crippen LogP contribution in [0.5, 0.6) is 0 Å². The smallest absolute Gasteiger partial charge is 0.330 e. The average Bonchev–Trinajstić information content (AvgIpc) is 2.48. The van der Waals surface area contributed by atoms with Gasteiger partial charge in [0.25, 0.3) is 0 Å². The number of aliphatic carboxylic acids is 3. The summed E-state index contributed by atoms with van der Waals surface area (Å²) in [6.45, 7) is 14.3. The van der Waals surface area contributed by atoms with Crippen LogP contribution in [-0.4, -0.2) is 49.7 Å². The molecule has 0 aliphatic carbocycles. The first-order valence-electron chi connectivity index (χ1n) is 7.32. The lowest BCUT2D eigenvalue weighted by Crippen LogP contribution is -2.02. The monoisotopic (exact) mass is 362 g/mol. The van der Waals surface area contributed by atoms with Crippen molar-refractivity contribution in [3.8, 4) is 0 Å². The summed E-state index contributed by atoms with van der Waals surface area (Å²) in [6.07, 6.45) is 3.41. The number of hydrogen-bond donors (Lipinski definition) is 5. The lowest BCUT2D eigenvalue weighted by molar-refractivity contribution is -0.133. The summed E-state index contributed by atoms with van der Waals surface area (Å²) in [5, 5.41) is 40.1. The fourth-order valence-electron chi connectivity index (χ4n) is 0.577. The van der Waals surface area contributed by atoms with Crippen LogP contribution >= 0.6 is 0 Å². The van der Waals surface area contributed by atoms with E-state index in [1.165, 1.54) is 13.8 Å². The van der Waals surface area contributed by atoms with E-state index in [0.29, 0.717) is 6.42 Å². The van der Waals surface area contributed by atoms with Crippen molar-refractivity contribution in [2.45, 2.75) is 52.7 Å². The minimum Gasteiger partial charge on any atom is -0.478 e. The Kier molecular flexibility index (Phi) is 26.2. The van der Waals surface area contributed by atoms with Crippen LogP contribution in [0.4, 0.5) is 0 Å². The van der Waals surface area contributed by atoms with Gasteiger partial charge in [0.2, 0.25) is 0 Å². The van der Waals surface area contributed by atoms with E-state index in [9.17, 15) is 14.4 Å². The maximum atomic E-state index is 9.60. The van der Waals surface area contributed by atoms with Crippen molar-refractivity contribution >= 4 is 17.9 Å². The standard InChI is InChI=1S/C6H14O2.2C4H6O2.C3H4O2/c1-2-3-4-5-6(7)8;2*1-3(2)4(5)6;1-2-3(4)5/h6-8H,2-5H2,1H3;2*1H2,2H3,(H,5,6);2H,1H2,(H,4,5). The van der Waals surface area contributed by atoms with Crippen molar-refractivity contribution in [1.29, 1.82) is 0 Å². The Bertz CT molecular complexity index is 376. The topological polar surface area (TPSA) is 152 Å². The van der Waals surface area contributed by atoms with Gasteiger partial charge in [-0.1, -0.05) is 39.5 Å². The van der Waals surface area contributed by atoms with Crippen molar-refractivity contribution in [3.63, 3.8) is 0 Å². The molecular formula is C17H30O8. The molecule has 8 nitrogen and oxygen atoms in total. The van der Waals surface area contributed by atoms with Crippen LogP contribution in [0.25, 0.3) is 0 Å². The van der Waals surface area contributed by atoms with Gasteiger partial charge in [-0.05, 0) is 26.7 Å². The van der Waals surface area contributed by atoms with Crippen molar-refractivity contribution in [2.75, 3.05) is 0 Å². The van der Waals surface area contributed by atoms with Gasteiger partial charge < -0.3 is 25.5 Å². The Balaban J connectivity index is -0.000000119. The Morgan fingerprint density at radius 2 is 1.20 bits per heavy atom. The number of hydrogen-bond acceptors (Lipinski definition) is 5. The van der Waals surface area contributed by atoms with Crippen molar-refractivity contribution in [3.05, 3.63) is 37.0 Å². The number of carboxylic acids is 3. The Morgan fingerprint density at radius 3 is 1.32 bits per heavy atom. The van der Waals surface area contributed by atoms with Crippen molar-refractivity contribution in [2.24, 2.45) is 0 Å². The first-order valence-corrected chi connectivity index (χ1v) is 7.32. The maximum Gasteiger partial charge on any atom is 0.330 e. The highest BCUT2D eigenvalue weighted by Crippen LogP contribution is 1.99. The highest BCUT2D eigenvalue weighted by atomic mass is 16.5. The van der Waals surface area contributed by atoms with E-state index in [2.05, 4.69) is 26.7 Å². The summed E-state index contributed by atoms with van der Waals surface area (Å²) in [5.74, 6) is -2.85. The first kappa shape index (κ1) is 30.4. The lowest BCUT2D eigenvalue weighted by atomic mass is 10.2. The molecule has 8 heteroatoms. The van der Waals surface area contributed by atoms with Crippen LogP contribution in [0.1, 0.15) is 46.5 Å². The summed E-state index contributed by atoms with van der Waals surface area (Å²) in [5.41, 5.74) is 0.352. The molecule has 0 atom stereocenters. The van der Waals surface area contributed by atoms with Gasteiger partial charge in [-0.15, -0.1) is 0 Å². The number of unbranched alkanes of at least 4 members (excludes halogenated alkanes) is 2. The zero-order valence-corrected chi connectivity index (χ0v) is 15.1. The molecule has 0 spiro atoms. The zero-order valence-electron chi connectivity index (χ0n) is 15.1. The molecule has 0 aromatic rings. The third kappa shape index (κ3) is 52.3. The fraction of sp³-hybridized carbons (Fsp3) is 0.471. The second kappa shape index (κ2) is 21.6. The molecule has 5 N–H and O–H groups in total. The molecule has 0 aliphatic rings. The number of carbonyl (C=O) groups is 3. The molecule has 0 radical (unpaired) electrons. The molecule has 0 saturated carbocycles. The van der Waals surface area contributed by atoms with E-state index in [-0.39, 0.29) is 11.1 Å². The fourth-order valence-corrected chi connectivity index (χ4v) is 0.577. The second-order valence-electron chi connectivity index (χ2n) is 4.69. The van der Waals surface area contributed by atoms with E-state index in [1.807, 2.05) is 0 Å². The number of aliphatic hydroxyl groups excluding tert-OH is 1. The summed E-state index contributed by atoms with van der Waals surface area (Å²) < 4.78 is 0. The van der Waals surface area contributed by atoms with Crippen LogP contribution in [0, 0.1) is 0 Å². The van der Waals surface area contributed by atoms with Crippen molar-refractivity contribution < 1.29 is 39.9 Å². The zero-order chi connectivity index (χ0) is 21.0. The number of rotatable bonds is 7. The summed E-state index contributed by atoms with van der Waals surface area (Å²) in [4.78, 5) is 28.4. The quantitative estimate of drug-likeness (QED) is 0.263. The Hall–Kier alpha value is -2.45. The largest absolute Gasteiger partial charge is 0.478 e. The van der Waals surface area contributed by atoms with Crippen molar-refractivity contribution in [1.82, 2.24) is 0 Å². The Morgan fingerprint density at radius 1 is 0.920 bits per heavy atom. The molecule has 0 saturated heterocycles. The van der Waals surface area contributed by atoms with Crippen LogP contribution < -0.4 is 0 Å². The molecule has 0 heterocycles. The molecule has 0 amide bonds. The van der Waals surface area contributed by atoms with Gasteiger partial charge in [0.05, 0.1) is 0 Å². The third-order valence-electron chi connectivity index (χ3n) is 1.97. The van der Waals surface area contributed by atoms with Gasteiger partial charge in [-0.25, -0.2) is 14.4 Å². The van der Waals surface area contributed by atoms with Gasteiger partial charge in [0.1, 0.15) is 0 Å². The summed E-state index contributed by atoms with van der Waals surface area (Å²) in [7, 11) is 0. The minimum absolute atomic E-state index is 0.176. The SMILES string of the molecule is C=C(C)C(=O)O.C=C(C)C(=O)O.C=CC(=O)O.CCCCCC(O)O. The molecule has 25 heavy (non-hydrogen) atoms. The molecule has 146 valence electrons. The van der Waals surface area contributed by atoms with Crippen LogP contribution in [0.2, 0.25) is 0 Å². The van der Waals surface area contributed by atoms with Gasteiger partial charge in [-0.2, -0.15) is 0 Å². The predicted molar refractivity (Wildman–Crippen MR) is 95.1 cm³/mol. The summed E-state index contributed by atoms with van der Waals surface area (Å²) in [6, 6.07) is 0. The molecule has 0 bridgehead atoms. The van der Waals surface area contributed by atoms with Gasteiger partial charge in [-0.3, -0.25) is 0 Å². The predicted octanol–water partition coefficient (Wildman–Crippen LogP) is 2.43. The maximum absolute atomic E-state index is 9.60. The third-order valence-corrected chi connectivity index (χ3v) is 1.97. The lowest BCUT2D eigenvalue weighted by Gasteiger charge is -1.99. The van der Waals surface area contributed by atoms with Gasteiger partial charge in [0, 0.05) is 17.2 Å².